The number of imide groups is 1. The van der Waals surface area contributed by atoms with Gasteiger partial charge < -0.3 is 14.8 Å². The molecule has 12 nitrogen and oxygen atoms in total. The van der Waals surface area contributed by atoms with Gasteiger partial charge in [-0.25, -0.2) is 30.2 Å². The second-order valence-corrected chi connectivity index (χ2v) is 11.9. The van der Waals surface area contributed by atoms with Crippen molar-refractivity contribution in [2.24, 2.45) is 0 Å². The van der Waals surface area contributed by atoms with E-state index in [0.717, 1.165) is 18.2 Å². The van der Waals surface area contributed by atoms with Crippen LogP contribution in [-0.4, -0.2) is 46.2 Å². The van der Waals surface area contributed by atoms with E-state index in [1.165, 1.54) is 18.2 Å². The van der Waals surface area contributed by atoms with E-state index >= 15 is 0 Å². The van der Waals surface area contributed by atoms with Gasteiger partial charge in [0, 0.05) is 10.8 Å². The number of sulfone groups is 1. The number of rotatable bonds is 5. The zero-order chi connectivity index (χ0) is 26.1. The zero-order valence-electron chi connectivity index (χ0n) is 19.2. The number of benzene rings is 3. The summed E-state index contributed by atoms with van der Waals surface area (Å²) < 4.78 is 94.8. The molecule has 2 amide bonds. The summed E-state index contributed by atoms with van der Waals surface area (Å²) in [5, 5.41) is 0.0148. The van der Waals surface area contributed by atoms with Gasteiger partial charge >= 0.3 is 37.7 Å². The number of nitrogen functional groups attached to an aromatic ring is 1. The summed E-state index contributed by atoms with van der Waals surface area (Å²) in [6.45, 7) is 3.19. The van der Waals surface area contributed by atoms with Crippen molar-refractivity contribution in [1.82, 2.24) is 0 Å². The van der Waals surface area contributed by atoms with E-state index < -0.39 is 73.9 Å². The van der Waals surface area contributed by atoms with Crippen LogP contribution in [0.15, 0.2) is 69.1 Å². The van der Waals surface area contributed by atoms with E-state index in [4.69, 9.17) is 5.73 Å². The van der Waals surface area contributed by atoms with Gasteiger partial charge in [0.05, 0.1) is 37.2 Å². The molecule has 0 unspecified atom stereocenters. The Labute approximate surface area is 235 Å². The minimum absolute atomic E-state index is 0. The Bertz CT molecular complexity index is 1840. The first-order chi connectivity index (χ1) is 16.1. The number of nitrogens with zero attached hydrogens (tertiary/aromatic N) is 1. The van der Waals surface area contributed by atoms with Crippen LogP contribution in [0.2, 0.25) is 0 Å². The number of carbonyl (C=O) groups excluding carboxylic acids is 2. The Balaban J connectivity index is 0.00000241. The first-order valence-corrected chi connectivity index (χ1v) is 13.6. The zero-order valence-corrected chi connectivity index (χ0v) is 21.6. The molecular weight excluding hydrogens is 538 g/mol. The van der Waals surface area contributed by atoms with Gasteiger partial charge in [-0.1, -0.05) is 18.7 Å². The Morgan fingerprint density at radius 1 is 0.784 bits per heavy atom. The van der Waals surface area contributed by atoms with E-state index in [2.05, 4.69) is 6.58 Å². The molecule has 1 aliphatic rings. The van der Waals surface area contributed by atoms with Crippen LogP contribution in [0.5, 0.6) is 0 Å². The van der Waals surface area contributed by atoms with E-state index in [1.54, 1.807) is 0 Å². The molecule has 0 fully saturated rings. The molecule has 1 aliphatic heterocycles. The number of anilines is 2. The van der Waals surface area contributed by atoms with E-state index in [1.807, 2.05) is 0 Å². The van der Waals surface area contributed by atoms with E-state index in [9.17, 15) is 43.9 Å². The van der Waals surface area contributed by atoms with Gasteiger partial charge in [0.1, 0.15) is 20.2 Å². The van der Waals surface area contributed by atoms with Crippen LogP contribution >= 0.6 is 0 Å². The predicted molar refractivity (Wildman–Crippen MR) is 119 cm³/mol. The molecule has 1 heterocycles. The maximum atomic E-state index is 13.3. The fourth-order valence-electron chi connectivity index (χ4n) is 3.76. The fraction of sp³-hybridized carbons (Fsp3) is 0. The van der Waals surface area contributed by atoms with Crippen molar-refractivity contribution in [3.63, 3.8) is 0 Å². The van der Waals surface area contributed by atoms with Crippen LogP contribution in [0.3, 0.4) is 0 Å². The Hall–Kier alpha value is -2.44. The minimum atomic E-state index is -5.51. The maximum Gasteiger partial charge on any atom is 1.00 e. The fourth-order valence-corrected chi connectivity index (χ4v) is 5.82. The summed E-state index contributed by atoms with van der Waals surface area (Å²) in [5.74, 6) is -2.41. The minimum Gasteiger partial charge on any atom is -0.744 e. The Kier molecular flexibility index (Phi) is 8.35. The average molecular weight is 550 g/mol. The standard InChI is InChI=1S/C20H14N2O10S3.2Li/c1-2-33(25,26)11-5-3-4-10(8-11)22-19(23)15-13-7-6-12(34(27,28)29)9-14(13)17(21)18(35(30,31)32)16(15)20(22)24;;/h2-9H,1,21H2,(H,27,28,29)(H,30,31,32);;/q;2*+1/p-2. The smallest absolute Gasteiger partial charge is 0.744 e. The molecule has 0 aliphatic carbocycles. The van der Waals surface area contributed by atoms with Gasteiger partial charge in [-0.2, -0.15) is 0 Å². The van der Waals surface area contributed by atoms with Crippen molar-refractivity contribution in [2.45, 2.75) is 14.7 Å². The third-order valence-electron chi connectivity index (χ3n) is 5.27. The molecule has 0 atom stereocenters. The van der Waals surface area contributed by atoms with Crippen molar-refractivity contribution < 1.29 is 81.7 Å². The van der Waals surface area contributed by atoms with Crippen LogP contribution < -0.4 is 48.4 Å². The molecule has 3 aromatic rings. The summed E-state index contributed by atoms with van der Waals surface area (Å²) >= 11 is 0. The van der Waals surface area contributed by atoms with Gasteiger partial charge in [0.25, 0.3) is 11.8 Å². The van der Waals surface area contributed by atoms with Crippen molar-refractivity contribution >= 4 is 64.0 Å². The molecular formula is C20H12Li2N2O10S3. The summed E-state index contributed by atoms with van der Waals surface area (Å²) in [6.07, 6.45) is 0. The van der Waals surface area contributed by atoms with Crippen molar-refractivity contribution in [3.8, 4) is 0 Å². The SMILES string of the molecule is C=CS(=O)(=O)c1cccc(N2C(=O)c3c(S(=O)(=O)[O-])c(N)c4cc(S(=O)(=O)[O-])ccc4c3C2=O)c1.[Li+].[Li+]. The van der Waals surface area contributed by atoms with E-state index in [-0.39, 0.29) is 53.7 Å². The summed E-state index contributed by atoms with van der Waals surface area (Å²) in [5.41, 5.74) is 3.30. The topological polar surface area (TPSA) is 212 Å². The molecule has 4 rings (SSSR count). The van der Waals surface area contributed by atoms with Crippen molar-refractivity contribution in [3.05, 3.63) is 65.6 Å². The molecule has 0 spiro atoms. The largest absolute Gasteiger partial charge is 1.00 e. The molecule has 182 valence electrons. The van der Waals surface area contributed by atoms with Crippen LogP contribution in [-0.2, 0) is 30.1 Å². The number of hydrogen-bond donors (Lipinski definition) is 1. The second-order valence-electron chi connectivity index (χ2n) is 7.26. The molecule has 3 aromatic carbocycles. The summed E-state index contributed by atoms with van der Waals surface area (Å²) in [4.78, 5) is 24.6. The maximum absolute atomic E-state index is 13.3. The predicted octanol–water partition coefficient (Wildman–Crippen LogP) is -5.04. The molecule has 0 saturated carbocycles. The Morgan fingerprint density at radius 3 is 1.92 bits per heavy atom. The first kappa shape index (κ1) is 30.8. The second kappa shape index (κ2) is 10.0. The van der Waals surface area contributed by atoms with Gasteiger partial charge in [-0.15, -0.1) is 0 Å². The molecule has 2 N–H and O–H groups in total. The van der Waals surface area contributed by atoms with Crippen LogP contribution in [0.1, 0.15) is 20.7 Å². The Morgan fingerprint density at radius 2 is 1.38 bits per heavy atom. The van der Waals surface area contributed by atoms with Gasteiger partial charge in [-0.3, -0.25) is 9.59 Å². The number of hydrogen-bond acceptors (Lipinski definition) is 11. The molecule has 37 heavy (non-hydrogen) atoms. The van der Waals surface area contributed by atoms with Crippen molar-refractivity contribution in [2.75, 3.05) is 10.6 Å². The monoisotopic (exact) mass is 550 g/mol. The number of carbonyl (C=O) groups is 2. The molecule has 17 heteroatoms. The third kappa shape index (κ3) is 5.03. The van der Waals surface area contributed by atoms with Gasteiger partial charge in [0.2, 0.25) is 0 Å². The van der Waals surface area contributed by atoms with Gasteiger partial charge in [0.15, 0.2) is 9.84 Å². The molecule has 0 saturated heterocycles. The number of fused-ring (bicyclic) bond motifs is 3. The quantitative estimate of drug-likeness (QED) is 0.137. The van der Waals surface area contributed by atoms with Gasteiger partial charge in [-0.05, 0) is 35.7 Å². The molecule has 0 radical (unpaired) electrons. The number of nitrogens with two attached hydrogens (primary N) is 1. The first-order valence-electron chi connectivity index (χ1n) is 9.27. The van der Waals surface area contributed by atoms with Crippen LogP contribution in [0.25, 0.3) is 10.8 Å². The normalized spacial score (nSPS) is 13.6. The number of amides is 2. The third-order valence-corrected chi connectivity index (χ3v) is 8.37. The van der Waals surface area contributed by atoms with Crippen LogP contribution in [0.4, 0.5) is 11.4 Å². The molecule has 0 aromatic heterocycles. The summed E-state index contributed by atoms with van der Waals surface area (Å²) in [6, 6.07) is 7.06. The molecule has 0 bridgehead atoms. The summed E-state index contributed by atoms with van der Waals surface area (Å²) in [7, 11) is -14.5. The van der Waals surface area contributed by atoms with Crippen LogP contribution in [0, 0.1) is 0 Å². The average Bonchev–Trinajstić information content (AvgIpc) is 3.02. The van der Waals surface area contributed by atoms with E-state index in [0.29, 0.717) is 16.4 Å². The van der Waals surface area contributed by atoms with Crippen molar-refractivity contribution in [1.29, 1.82) is 0 Å².